The molecule has 0 spiro atoms. The van der Waals surface area contributed by atoms with Crippen LogP contribution in [-0.2, 0) is 10.0 Å². The zero-order valence-corrected chi connectivity index (χ0v) is 19.6. The van der Waals surface area contributed by atoms with E-state index in [2.05, 4.69) is 24.9 Å². The molecule has 0 saturated carbocycles. The Morgan fingerprint density at radius 3 is 2.08 bits per heavy atom. The van der Waals surface area contributed by atoms with Gasteiger partial charge in [0.05, 0.1) is 21.8 Å². The number of nitrogens with one attached hydrogen (secondary N) is 1. The van der Waals surface area contributed by atoms with E-state index in [0.717, 1.165) is 0 Å². The van der Waals surface area contributed by atoms with Gasteiger partial charge in [0.25, 0.3) is 10.0 Å². The fourth-order valence-electron chi connectivity index (χ4n) is 2.67. The van der Waals surface area contributed by atoms with Crippen molar-refractivity contribution < 1.29 is 33.3 Å². The largest absolute Gasteiger partial charge is 0.507 e. The number of sulfonamides is 1. The zero-order chi connectivity index (χ0) is 26.8. The molecule has 4 N–H and O–H groups in total. The number of aromatic carboxylic acids is 2. The molecular weight excluding hydrogens is 502 g/mol. The van der Waals surface area contributed by atoms with Crippen LogP contribution in [-0.4, -0.2) is 45.6 Å². The lowest BCUT2D eigenvalue weighted by molar-refractivity contribution is 0.0684. The van der Waals surface area contributed by atoms with Gasteiger partial charge in [0.1, 0.15) is 17.1 Å². The maximum absolute atomic E-state index is 12.3. The standard InChI is InChI=1S/C18H14N4O5S.C6H5NO2/c23-16-9-6-13(11-15(16)18(24)25)21-20-12-4-7-14(8-5-12)28(26,27)22-17-3-1-2-10-19-17;8-6(9)5-2-1-3-7-4-5/h1-11,23H,(H,19,22)(H,24,25);1-4H,(H,8,9). The molecule has 0 aliphatic rings. The number of nitrogens with zero attached hydrogens (tertiary/aromatic N) is 4. The lowest BCUT2D eigenvalue weighted by Crippen LogP contribution is -2.13. The minimum Gasteiger partial charge on any atom is -0.507 e. The van der Waals surface area contributed by atoms with Gasteiger partial charge in [-0.1, -0.05) is 6.07 Å². The van der Waals surface area contributed by atoms with Gasteiger partial charge in [0.2, 0.25) is 0 Å². The van der Waals surface area contributed by atoms with E-state index in [0.29, 0.717) is 5.69 Å². The summed E-state index contributed by atoms with van der Waals surface area (Å²) in [6.45, 7) is 0. The van der Waals surface area contributed by atoms with Gasteiger partial charge in [0.15, 0.2) is 0 Å². The highest BCUT2D eigenvalue weighted by molar-refractivity contribution is 7.92. The summed E-state index contributed by atoms with van der Waals surface area (Å²) in [5.74, 6) is -2.40. The predicted molar refractivity (Wildman–Crippen MR) is 132 cm³/mol. The fraction of sp³-hybridized carbons (Fsp3) is 0. The number of rotatable bonds is 7. The summed E-state index contributed by atoms with van der Waals surface area (Å²) < 4.78 is 27.0. The van der Waals surface area contributed by atoms with E-state index in [1.54, 1.807) is 18.2 Å². The SMILES string of the molecule is O=C(O)c1cc(N=Nc2ccc(S(=O)(=O)Nc3ccccn3)cc2)ccc1O.O=C(O)c1cccnc1. The quantitative estimate of drug-likeness (QED) is 0.254. The third-order valence-electron chi connectivity index (χ3n) is 4.45. The first-order chi connectivity index (χ1) is 17.7. The molecule has 0 aliphatic heterocycles. The van der Waals surface area contributed by atoms with Crippen LogP contribution in [0.3, 0.4) is 0 Å². The second-order valence-electron chi connectivity index (χ2n) is 7.07. The second-order valence-corrected chi connectivity index (χ2v) is 8.75. The molecule has 0 atom stereocenters. The molecule has 0 amide bonds. The maximum atomic E-state index is 12.3. The van der Waals surface area contributed by atoms with Crippen molar-refractivity contribution in [1.29, 1.82) is 0 Å². The van der Waals surface area contributed by atoms with Crippen LogP contribution in [0.5, 0.6) is 5.75 Å². The monoisotopic (exact) mass is 521 g/mol. The van der Waals surface area contributed by atoms with Crippen LogP contribution < -0.4 is 4.72 Å². The van der Waals surface area contributed by atoms with Gasteiger partial charge in [-0.25, -0.2) is 23.0 Å². The molecule has 0 aliphatic carbocycles. The molecule has 2 aromatic heterocycles. The first-order valence-corrected chi connectivity index (χ1v) is 11.8. The minimum absolute atomic E-state index is 0.0231. The van der Waals surface area contributed by atoms with E-state index >= 15 is 0 Å². The summed E-state index contributed by atoms with van der Waals surface area (Å²) in [6, 6.07) is 17.4. The number of azo groups is 1. The van der Waals surface area contributed by atoms with Gasteiger partial charge < -0.3 is 15.3 Å². The summed E-state index contributed by atoms with van der Waals surface area (Å²) in [5, 5.41) is 34.6. The average Bonchev–Trinajstić information content (AvgIpc) is 2.89. The molecule has 0 fully saturated rings. The highest BCUT2D eigenvalue weighted by Gasteiger charge is 2.14. The lowest BCUT2D eigenvalue weighted by atomic mass is 10.2. The summed E-state index contributed by atoms with van der Waals surface area (Å²) in [6.07, 6.45) is 4.31. The Kier molecular flexibility index (Phi) is 8.57. The number of hydrogen-bond donors (Lipinski definition) is 4. The normalized spacial score (nSPS) is 10.8. The Bertz CT molecular complexity index is 1510. The van der Waals surface area contributed by atoms with Crippen LogP contribution in [0.2, 0.25) is 0 Å². The molecule has 4 aromatic rings. The van der Waals surface area contributed by atoms with Crippen molar-refractivity contribution in [2.24, 2.45) is 10.2 Å². The van der Waals surface area contributed by atoms with E-state index in [9.17, 15) is 23.1 Å². The highest BCUT2D eigenvalue weighted by atomic mass is 32.2. The Labute approximate surface area is 210 Å². The molecule has 13 heteroatoms. The number of phenols is 1. The van der Waals surface area contributed by atoms with E-state index in [4.69, 9.17) is 10.2 Å². The van der Waals surface area contributed by atoms with E-state index < -0.39 is 22.0 Å². The van der Waals surface area contributed by atoms with Crippen LogP contribution >= 0.6 is 0 Å². The molecule has 0 unspecified atom stereocenters. The van der Waals surface area contributed by atoms with Crippen molar-refractivity contribution in [3.05, 3.63) is 103 Å². The third-order valence-corrected chi connectivity index (χ3v) is 5.82. The van der Waals surface area contributed by atoms with Gasteiger partial charge in [-0.2, -0.15) is 10.2 Å². The Morgan fingerprint density at radius 1 is 0.811 bits per heavy atom. The van der Waals surface area contributed by atoms with E-state index in [-0.39, 0.29) is 33.3 Å². The topological polar surface area (TPSA) is 192 Å². The van der Waals surface area contributed by atoms with Gasteiger partial charge in [0, 0.05) is 18.6 Å². The molecule has 37 heavy (non-hydrogen) atoms. The summed E-state index contributed by atoms with van der Waals surface area (Å²) in [7, 11) is -3.79. The number of carbonyl (C=O) groups is 2. The van der Waals surface area contributed by atoms with Gasteiger partial charge in [-0.15, -0.1) is 0 Å². The first-order valence-electron chi connectivity index (χ1n) is 10.3. The first kappa shape index (κ1) is 26.4. The number of aromatic hydroxyl groups is 1. The van der Waals surface area contributed by atoms with Crippen molar-refractivity contribution >= 4 is 39.2 Å². The number of benzene rings is 2. The Morgan fingerprint density at radius 2 is 1.51 bits per heavy atom. The molecule has 4 rings (SSSR count). The van der Waals surface area contributed by atoms with Crippen molar-refractivity contribution in [2.75, 3.05) is 4.72 Å². The number of carboxylic acid groups (broad SMARTS) is 2. The highest BCUT2D eigenvalue weighted by Crippen LogP contribution is 2.26. The number of aromatic nitrogens is 2. The number of anilines is 1. The third kappa shape index (κ3) is 7.66. The number of carboxylic acids is 2. The van der Waals surface area contributed by atoms with Crippen LogP contribution in [0.4, 0.5) is 17.2 Å². The van der Waals surface area contributed by atoms with Crippen molar-refractivity contribution in [2.45, 2.75) is 4.90 Å². The maximum Gasteiger partial charge on any atom is 0.339 e. The van der Waals surface area contributed by atoms with E-state index in [1.807, 2.05) is 0 Å². The van der Waals surface area contributed by atoms with Crippen molar-refractivity contribution in [3.63, 3.8) is 0 Å². The molecule has 12 nitrogen and oxygen atoms in total. The average molecular weight is 522 g/mol. The minimum atomic E-state index is -3.79. The smallest absolute Gasteiger partial charge is 0.339 e. The van der Waals surface area contributed by atoms with Gasteiger partial charge >= 0.3 is 11.9 Å². The van der Waals surface area contributed by atoms with Crippen LogP contribution in [0.1, 0.15) is 20.7 Å². The molecule has 0 saturated heterocycles. The summed E-state index contributed by atoms with van der Waals surface area (Å²) in [5.41, 5.74) is 0.515. The molecule has 188 valence electrons. The fourth-order valence-corrected chi connectivity index (χ4v) is 3.68. The molecule has 0 bridgehead atoms. The summed E-state index contributed by atoms with van der Waals surface area (Å²) in [4.78, 5) is 28.7. The Hall–Kier alpha value is -5.17. The Balaban J connectivity index is 0.000000356. The van der Waals surface area contributed by atoms with Crippen LogP contribution in [0.15, 0.2) is 107 Å². The van der Waals surface area contributed by atoms with Crippen molar-refractivity contribution in [1.82, 2.24) is 9.97 Å². The van der Waals surface area contributed by atoms with Gasteiger partial charge in [-0.3, -0.25) is 9.71 Å². The predicted octanol–water partition coefficient (Wildman–Crippen LogP) is 4.48. The second kappa shape index (κ2) is 12.0. The van der Waals surface area contributed by atoms with Gasteiger partial charge in [-0.05, 0) is 66.7 Å². The summed E-state index contributed by atoms with van der Waals surface area (Å²) >= 11 is 0. The van der Waals surface area contributed by atoms with Crippen LogP contribution in [0.25, 0.3) is 0 Å². The molecule has 2 heterocycles. The molecule has 0 radical (unpaired) electrons. The number of pyridine rings is 2. The zero-order valence-electron chi connectivity index (χ0n) is 18.8. The molecular formula is C24H19N5O7S. The molecule has 2 aromatic carbocycles. The van der Waals surface area contributed by atoms with E-state index in [1.165, 1.54) is 73.2 Å². The lowest BCUT2D eigenvalue weighted by Gasteiger charge is -2.07. The van der Waals surface area contributed by atoms with Crippen molar-refractivity contribution in [3.8, 4) is 5.75 Å². The number of hydrogen-bond acceptors (Lipinski definition) is 9. The van der Waals surface area contributed by atoms with Crippen LogP contribution in [0, 0.1) is 0 Å².